The summed E-state index contributed by atoms with van der Waals surface area (Å²) in [4.78, 5) is 19.1. The van der Waals surface area contributed by atoms with Crippen molar-refractivity contribution in [3.8, 4) is 11.5 Å². The molecule has 2 rings (SSSR count). The van der Waals surface area contributed by atoms with Gasteiger partial charge in [-0.2, -0.15) is 0 Å². The van der Waals surface area contributed by atoms with Crippen molar-refractivity contribution in [1.29, 1.82) is 0 Å². The number of H-pyrrole nitrogens is 1. The van der Waals surface area contributed by atoms with Crippen molar-refractivity contribution in [2.75, 3.05) is 20.0 Å². The number of rotatable bonds is 5. The topological polar surface area (TPSA) is 90.2 Å². The molecule has 0 aliphatic rings. The Morgan fingerprint density at radius 1 is 1.32 bits per heavy atom. The van der Waals surface area contributed by atoms with Crippen LogP contribution in [-0.4, -0.2) is 30.0 Å². The van der Waals surface area contributed by atoms with E-state index in [2.05, 4.69) is 9.97 Å². The molecule has 1 aromatic carbocycles. The number of nitrogens with two attached hydrogens (primary N) is 1. The second-order valence-corrected chi connectivity index (χ2v) is 3.93. The lowest BCUT2D eigenvalue weighted by atomic mass is 10.0. The molecule has 0 spiro atoms. The summed E-state index contributed by atoms with van der Waals surface area (Å²) in [6.07, 6.45) is 3.42. The van der Waals surface area contributed by atoms with Gasteiger partial charge in [0.05, 0.1) is 20.6 Å². The number of nitrogens with one attached hydrogen (secondary N) is 1. The quantitative estimate of drug-likeness (QED) is 0.627. The molecule has 6 heteroatoms. The second-order valence-electron chi connectivity index (χ2n) is 3.93. The van der Waals surface area contributed by atoms with Gasteiger partial charge in [0.25, 0.3) is 0 Å². The lowest BCUT2D eigenvalue weighted by Crippen LogP contribution is -2.09. The Kier molecular flexibility index (Phi) is 3.70. The molecule has 1 aromatic heterocycles. The Hall–Kier alpha value is -2.50. The van der Waals surface area contributed by atoms with E-state index in [4.69, 9.17) is 15.2 Å². The average molecular weight is 261 g/mol. The molecule has 0 bridgehead atoms. The normalized spacial score (nSPS) is 10.2. The fourth-order valence-electron chi connectivity index (χ4n) is 1.78. The summed E-state index contributed by atoms with van der Waals surface area (Å²) in [7, 11) is 3.02. The summed E-state index contributed by atoms with van der Waals surface area (Å²) in [6, 6.07) is 3.16. The van der Waals surface area contributed by atoms with Crippen molar-refractivity contribution in [1.82, 2.24) is 9.97 Å². The molecule has 0 aliphatic carbocycles. The summed E-state index contributed by atoms with van der Waals surface area (Å²) >= 11 is 0. The third-order valence-electron chi connectivity index (χ3n) is 2.74. The first kappa shape index (κ1) is 12.9. The van der Waals surface area contributed by atoms with E-state index in [0.717, 1.165) is 0 Å². The number of hydrogen-bond donors (Lipinski definition) is 2. The van der Waals surface area contributed by atoms with Gasteiger partial charge in [-0.15, -0.1) is 0 Å². The predicted molar refractivity (Wildman–Crippen MR) is 70.6 cm³/mol. The number of carbonyl (C=O) groups is 1. The van der Waals surface area contributed by atoms with Crippen molar-refractivity contribution in [3.63, 3.8) is 0 Å². The van der Waals surface area contributed by atoms with Crippen LogP contribution in [0.2, 0.25) is 0 Å². The zero-order valence-electron chi connectivity index (χ0n) is 10.8. The van der Waals surface area contributed by atoms with Crippen LogP contribution in [0, 0.1) is 0 Å². The lowest BCUT2D eigenvalue weighted by molar-refractivity contribution is 0.0991. The number of anilines is 1. The van der Waals surface area contributed by atoms with Gasteiger partial charge in [-0.25, -0.2) is 4.98 Å². The van der Waals surface area contributed by atoms with Crippen LogP contribution < -0.4 is 15.2 Å². The largest absolute Gasteiger partial charge is 0.493 e. The van der Waals surface area contributed by atoms with Crippen LogP contribution in [0.15, 0.2) is 24.5 Å². The first-order valence-corrected chi connectivity index (χ1v) is 5.68. The molecular weight excluding hydrogens is 246 g/mol. The summed E-state index contributed by atoms with van der Waals surface area (Å²) in [6.45, 7) is 0. The van der Waals surface area contributed by atoms with E-state index in [-0.39, 0.29) is 12.2 Å². The smallest absolute Gasteiger partial charge is 0.172 e. The van der Waals surface area contributed by atoms with Crippen molar-refractivity contribution < 1.29 is 14.3 Å². The molecule has 0 amide bonds. The van der Waals surface area contributed by atoms with Crippen molar-refractivity contribution in [2.45, 2.75) is 6.42 Å². The van der Waals surface area contributed by atoms with Crippen LogP contribution in [0.3, 0.4) is 0 Å². The monoisotopic (exact) mass is 261 g/mol. The van der Waals surface area contributed by atoms with Gasteiger partial charge in [0.15, 0.2) is 17.3 Å². The molecule has 0 saturated carbocycles. The molecule has 100 valence electrons. The fraction of sp³-hybridized carbons (Fsp3) is 0.231. The highest BCUT2D eigenvalue weighted by Crippen LogP contribution is 2.32. The molecule has 0 atom stereocenters. The van der Waals surface area contributed by atoms with Crippen molar-refractivity contribution in [2.24, 2.45) is 0 Å². The minimum atomic E-state index is -0.131. The number of Topliss-reactive ketones (excluding diaryl/α,β-unsaturated/α-hetero) is 1. The first-order chi connectivity index (χ1) is 9.15. The number of ether oxygens (including phenoxy) is 2. The molecule has 3 N–H and O–H groups in total. The van der Waals surface area contributed by atoms with Gasteiger partial charge < -0.3 is 20.2 Å². The number of nitrogens with zero attached hydrogens (tertiary/aromatic N) is 1. The number of benzene rings is 1. The third kappa shape index (κ3) is 2.67. The van der Waals surface area contributed by atoms with E-state index in [1.165, 1.54) is 14.2 Å². The molecule has 2 aromatic rings. The van der Waals surface area contributed by atoms with Crippen LogP contribution in [0.5, 0.6) is 11.5 Å². The summed E-state index contributed by atoms with van der Waals surface area (Å²) < 4.78 is 10.3. The number of carbonyl (C=O) groups excluding carboxylic acids is 1. The number of ketones is 1. The van der Waals surface area contributed by atoms with Crippen LogP contribution in [0.1, 0.15) is 16.2 Å². The minimum Gasteiger partial charge on any atom is -0.493 e. The van der Waals surface area contributed by atoms with Gasteiger partial charge in [0.2, 0.25) is 0 Å². The zero-order chi connectivity index (χ0) is 13.8. The van der Waals surface area contributed by atoms with Crippen molar-refractivity contribution >= 4 is 11.5 Å². The van der Waals surface area contributed by atoms with E-state index < -0.39 is 0 Å². The highest BCUT2D eigenvalue weighted by molar-refractivity contribution is 6.02. The molecule has 0 unspecified atom stereocenters. The fourth-order valence-corrected chi connectivity index (χ4v) is 1.78. The van der Waals surface area contributed by atoms with Crippen LogP contribution in [0.4, 0.5) is 5.69 Å². The summed E-state index contributed by atoms with van der Waals surface area (Å²) in [5.74, 6) is 1.43. The standard InChI is InChI=1S/C13H15N3O3/c1-18-11-5-8(9(14)6-12(11)19-2)10(17)7-13-15-3-4-16-13/h3-6H,7,14H2,1-2H3,(H,15,16). The van der Waals surface area contributed by atoms with Gasteiger partial charge >= 0.3 is 0 Å². The van der Waals surface area contributed by atoms with Gasteiger partial charge in [0, 0.05) is 29.7 Å². The molecule has 6 nitrogen and oxygen atoms in total. The number of methoxy groups -OCH3 is 2. The van der Waals surface area contributed by atoms with E-state index in [0.29, 0.717) is 28.6 Å². The molecular formula is C13H15N3O3. The second kappa shape index (κ2) is 5.43. The van der Waals surface area contributed by atoms with Gasteiger partial charge in [-0.05, 0) is 6.07 Å². The molecule has 0 fully saturated rings. The number of aromatic amines is 1. The Balaban J connectivity index is 2.31. The Bertz CT molecular complexity index is 579. The maximum atomic E-state index is 12.2. The Morgan fingerprint density at radius 2 is 2.00 bits per heavy atom. The highest BCUT2D eigenvalue weighted by atomic mass is 16.5. The number of aromatic nitrogens is 2. The maximum Gasteiger partial charge on any atom is 0.172 e. The Morgan fingerprint density at radius 3 is 2.58 bits per heavy atom. The zero-order valence-corrected chi connectivity index (χ0v) is 10.8. The van der Waals surface area contributed by atoms with E-state index in [1.54, 1.807) is 24.5 Å². The summed E-state index contributed by atoms with van der Waals surface area (Å²) in [5.41, 5.74) is 6.62. The minimum absolute atomic E-state index is 0.131. The molecule has 1 heterocycles. The van der Waals surface area contributed by atoms with Crippen LogP contribution >= 0.6 is 0 Å². The molecule has 19 heavy (non-hydrogen) atoms. The lowest BCUT2D eigenvalue weighted by Gasteiger charge is -2.11. The van der Waals surface area contributed by atoms with E-state index in [9.17, 15) is 4.79 Å². The number of nitrogen functional groups attached to an aromatic ring is 1. The number of hydrogen-bond acceptors (Lipinski definition) is 5. The highest BCUT2D eigenvalue weighted by Gasteiger charge is 2.16. The van der Waals surface area contributed by atoms with E-state index >= 15 is 0 Å². The average Bonchev–Trinajstić information content (AvgIpc) is 2.90. The summed E-state index contributed by atoms with van der Waals surface area (Å²) in [5, 5.41) is 0. The van der Waals surface area contributed by atoms with E-state index in [1.807, 2.05) is 0 Å². The third-order valence-corrected chi connectivity index (χ3v) is 2.74. The SMILES string of the molecule is COc1cc(N)c(C(=O)Cc2ncc[nH]2)cc1OC. The first-order valence-electron chi connectivity index (χ1n) is 5.68. The van der Waals surface area contributed by atoms with Gasteiger partial charge in [-0.1, -0.05) is 0 Å². The van der Waals surface area contributed by atoms with Gasteiger partial charge in [0.1, 0.15) is 5.82 Å². The molecule has 0 radical (unpaired) electrons. The van der Waals surface area contributed by atoms with Crippen LogP contribution in [0.25, 0.3) is 0 Å². The molecule has 0 aliphatic heterocycles. The van der Waals surface area contributed by atoms with Crippen molar-refractivity contribution in [3.05, 3.63) is 35.9 Å². The van der Waals surface area contributed by atoms with Crippen LogP contribution in [-0.2, 0) is 6.42 Å². The molecule has 0 saturated heterocycles. The maximum absolute atomic E-state index is 12.2. The predicted octanol–water partition coefficient (Wildman–Crippen LogP) is 1.43. The Labute approximate surface area is 110 Å². The number of imidazole rings is 1. The van der Waals surface area contributed by atoms with Gasteiger partial charge in [-0.3, -0.25) is 4.79 Å².